The van der Waals surface area contributed by atoms with Crippen LogP contribution in [0.15, 0.2) is 223 Å². The summed E-state index contributed by atoms with van der Waals surface area (Å²) in [5.74, 6) is 0.680. The minimum absolute atomic E-state index is 0.680. The van der Waals surface area contributed by atoms with Crippen LogP contribution in [0, 0.1) is 0 Å². The summed E-state index contributed by atoms with van der Waals surface area (Å²) in [5, 5.41) is 4.67. The highest BCUT2D eigenvalue weighted by Gasteiger charge is 2.17. The first-order valence-electron chi connectivity index (χ1n) is 20.0. The Kier molecular flexibility index (Phi) is 8.49. The molecule has 276 valence electrons. The predicted octanol–water partition coefficient (Wildman–Crippen LogP) is 15.2. The molecule has 0 aliphatic rings. The molecule has 0 bridgehead atoms. The number of hydrogen-bond acceptors (Lipinski definition) is 3. The number of benzene rings is 9. The molecule has 0 radical (unpaired) electrons. The highest BCUT2D eigenvalue weighted by atomic mass is 16.3. The van der Waals surface area contributed by atoms with Gasteiger partial charge in [-0.3, -0.25) is 0 Å². The SMILES string of the molecule is c1ccc(-c2nc(-c3ccc(-c4cccc5ccccc45)cc3)cc(-c3cc(-c4ccc5oc6ccccc6c5c4)cc(-c4ccccc4-c4ccccc4)c3)n2)cc1. The van der Waals surface area contributed by atoms with Crippen LogP contribution >= 0.6 is 0 Å². The number of fused-ring (bicyclic) bond motifs is 4. The van der Waals surface area contributed by atoms with Gasteiger partial charge in [0.25, 0.3) is 0 Å². The van der Waals surface area contributed by atoms with Crippen LogP contribution in [-0.4, -0.2) is 9.97 Å². The number of aromatic nitrogens is 2. The van der Waals surface area contributed by atoms with Crippen LogP contribution in [0.1, 0.15) is 0 Å². The summed E-state index contributed by atoms with van der Waals surface area (Å²) < 4.78 is 6.24. The Bertz CT molecular complexity index is 3310. The largest absolute Gasteiger partial charge is 0.456 e. The van der Waals surface area contributed by atoms with Gasteiger partial charge in [-0.15, -0.1) is 0 Å². The van der Waals surface area contributed by atoms with E-state index in [0.29, 0.717) is 5.82 Å². The van der Waals surface area contributed by atoms with Crippen molar-refractivity contribution in [2.75, 3.05) is 0 Å². The molecule has 0 atom stereocenters. The molecule has 0 N–H and O–H groups in total. The maximum absolute atomic E-state index is 6.24. The molecule has 3 heteroatoms. The maximum atomic E-state index is 6.24. The third-order valence-electron chi connectivity index (χ3n) is 11.3. The van der Waals surface area contributed by atoms with Crippen LogP contribution in [0.25, 0.3) is 111 Å². The van der Waals surface area contributed by atoms with Crippen molar-refractivity contribution in [1.82, 2.24) is 9.97 Å². The summed E-state index contributed by atoms with van der Waals surface area (Å²) in [6, 6.07) is 77.1. The van der Waals surface area contributed by atoms with Crippen molar-refractivity contribution >= 4 is 32.7 Å². The second-order valence-electron chi connectivity index (χ2n) is 15.0. The normalized spacial score (nSPS) is 11.4. The topological polar surface area (TPSA) is 38.9 Å². The van der Waals surface area contributed by atoms with Crippen LogP contribution < -0.4 is 0 Å². The van der Waals surface area contributed by atoms with Crippen LogP contribution in [0.5, 0.6) is 0 Å². The summed E-state index contributed by atoms with van der Waals surface area (Å²) in [6.45, 7) is 0. The van der Waals surface area contributed by atoms with E-state index in [1.54, 1.807) is 0 Å². The zero-order valence-electron chi connectivity index (χ0n) is 32.1. The maximum Gasteiger partial charge on any atom is 0.160 e. The summed E-state index contributed by atoms with van der Waals surface area (Å²) in [5.41, 5.74) is 15.6. The van der Waals surface area contributed by atoms with E-state index in [0.717, 1.165) is 72.3 Å². The van der Waals surface area contributed by atoms with Crippen molar-refractivity contribution in [2.24, 2.45) is 0 Å². The molecule has 59 heavy (non-hydrogen) atoms. The molecule has 11 aromatic rings. The molecule has 0 saturated carbocycles. The van der Waals surface area contributed by atoms with Gasteiger partial charge >= 0.3 is 0 Å². The van der Waals surface area contributed by atoms with E-state index in [1.165, 1.54) is 33.0 Å². The fourth-order valence-corrected chi connectivity index (χ4v) is 8.36. The lowest BCUT2D eigenvalue weighted by Crippen LogP contribution is -1.97. The predicted molar refractivity (Wildman–Crippen MR) is 245 cm³/mol. The van der Waals surface area contributed by atoms with Crippen molar-refractivity contribution in [2.45, 2.75) is 0 Å². The second-order valence-corrected chi connectivity index (χ2v) is 15.0. The van der Waals surface area contributed by atoms with Crippen LogP contribution in [-0.2, 0) is 0 Å². The van der Waals surface area contributed by atoms with Gasteiger partial charge < -0.3 is 4.42 Å². The lowest BCUT2D eigenvalue weighted by atomic mass is 9.90. The quantitative estimate of drug-likeness (QED) is 0.163. The molecule has 3 nitrogen and oxygen atoms in total. The minimum atomic E-state index is 0.680. The Morgan fingerprint density at radius 1 is 0.271 bits per heavy atom. The molecule has 0 saturated heterocycles. The zero-order chi connectivity index (χ0) is 39.1. The van der Waals surface area contributed by atoms with Gasteiger partial charge in [0.05, 0.1) is 11.4 Å². The van der Waals surface area contributed by atoms with E-state index in [1.807, 2.05) is 30.3 Å². The van der Waals surface area contributed by atoms with Gasteiger partial charge in [0.1, 0.15) is 11.2 Å². The number of hydrogen-bond donors (Lipinski definition) is 0. The van der Waals surface area contributed by atoms with Crippen molar-refractivity contribution in [3.63, 3.8) is 0 Å². The van der Waals surface area contributed by atoms with E-state index >= 15 is 0 Å². The smallest absolute Gasteiger partial charge is 0.160 e. The lowest BCUT2D eigenvalue weighted by Gasteiger charge is -2.15. The van der Waals surface area contributed by atoms with Crippen molar-refractivity contribution in [3.8, 4) is 78.4 Å². The Morgan fingerprint density at radius 3 is 1.59 bits per heavy atom. The number of rotatable bonds is 7. The molecule has 9 aromatic carbocycles. The first kappa shape index (κ1) is 34.4. The Balaban J connectivity index is 1.10. The van der Waals surface area contributed by atoms with Crippen molar-refractivity contribution in [3.05, 3.63) is 218 Å². The lowest BCUT2D eigenvalue weighted by molar-refractivity contribution is 0.669. The monoisotopic (exact) mass is 752 g/mol. The highest BCUT2D eigenvalue weighted by molar-refractivity contribution is 6.06. The number of para-hydroxylation sites is 1. The molecule has 0 aliphatic heterocycles. The molecule has 0 aliphatic carbocycles. The van der Waals surface area contributed by atoms with E-state index in [9.17, 15) is 0 Å². The van der Waals surface area contributed by atoms with Gasteiger partial charge in [0.2, 0.25) is 0 Å². The van der Waals surface area contributed by atoms with E-state index < -0.39 is 0 Å². The fourth-order valence-electron chi connectivity index (χ4n) is 8.36. The second kappa shape index (κ2) is 14.6. The van der Waals surface area contributed by atoms with Gasteiger partial charge in [-0.05, 0) is 97.7 Å². The summed E-state index contributed by atoms with van der Waals surface area (Å²) in [6.07, 6.45) is 0. The first-order valence-corrected chi connectivity index (χ1v) is 20.0. The van der Waals surface area contributed by atoms with Gasteiger partial charge in [0, 0.05) is 27.5 Å². The molecular formula is C56H36N2O. The third kappa shape index (κ3) is 6.45. The number of furan rings is 1. The highest BCUT2D eigenvalue weighted by Crippen LogP contribution is 2.40. The van der Waals surface area contributed by atoms with Gasteiger partial charge in [-0.25, -0.2) is 9.97 Å². The summed E-state index contributed by atoms with van der Waals surface area (Å²) >= 11 is 0. The minimum Gasteiger partial charge on any atom is -0.456 e. The van der Waals surface area contributed by atoms with Gasteiger partial charge in [-0.2, -0.15) is 0 Å². The average molecular weight is 753 g/mol. The fraction of sp³-hybridized carbons (Fsp3) is 0. The molecule has 0 amide bonds. The Labute approximate surface area is 342 Å². The first-order chi connectivity index (χ1) is 29.2. The Hall–Kier alpha value is -7.88. The van der Waals surface area contributed by atoms with E-state index in [2.05, 4.69) is 188 Å². The Morgan fingerprint density at radius 2 is 0.797 bits per heavy atom. The molecule has 11 rings (SSSR count). The molecule has 0 fully saturated rings. The van der Waals surface area contributed by atoms with Crippen LogP contribution in [0.2, 0.25) is 0 Å². The van der Waals surface area contributed by atoms with E-state index in [-0.39, 0.29) is 0 Å². The van der Waals surface area contributed by atoms with Crippen molar-refractivity contribution in [1.29, 1.82) is 0 Å². The zero-order valence-corrected chi connectivity index (χ0v) is 32.1. The average Bonchev–Trinajstić information content (AvgIpc) is 3.70. The van der Waals surface area contributed by atoms with Gasteiger partial charge in [0.15, 0.2) is 5.82 Å². The van der Waals surface area contributed by atoms with Crippen LogP contribution in [0.3, 0.4) is 0 Å². The van der Waals surface area contributed by atoms with E-state index in [4.69, 9.17) is 14.4 Å². The van der Waals surface area contributed by atoms with Gasteiger partial charge in [-0.1, -0.05) is 176 Å². The number of nitrogens with zero attached hydrogens (tertiary/aromatic N) is 2. The molecule has 2 aromatic heterocycles. The molecule has 2 heterocycles. The summed E-state index contributed by atoms with van der Waals surface area (Å²) in [7, 11) is 0. The molecule has 0 unspecified atom stereocenters. The van der Waals surface area contributed by atoms with Crippen LogP contribution in [0.4, 0.5) is 0 Å². The standard InChI is InChI=1S/C56H36N2O/c1-3-14-37(15-4-1)47-21-9-10-22-49(47)44-32-43(42-30-31-55-51(35-42)50-23-11-12-25-54(50)59-55)33-45(34-44)53-36-52(57-56(58-53)41-17-5-2-6-18-41)40-28-26-39(27-29-40)48-24-13-19-38-16-7-8-20-46(38)48/h1-36H. The molecular weight excluding hydrogens is 717 g/mol. The third-order valence-corrected chi connectivity index (χ3v) is 11.3. The van der Waals surface area contributed by atoms with Crippen molar-refractivity contribution < 1.29 is 4.42 Å². The molecule has 0 spiro atoms. The summed E-state index contributed by atoms with van der Waals surface area (Å²) in [4.78, 5) is 10.5.